The number of aliphatic hydroxyl groups is 1. The van der Waals surface area contributed by atoms with Gasteiger partial charge in [-0.25, -0.2) is 9.78 Å². The summed E-state index contributed by atoms with van der Waals surface area (Å²) in [4.78, 5) is 16.1. The number of esters is 1. The lowest BCUT2D eigenvalue weighted by molar-refractivity contribution is -0.151. The lowest BCUT2D eigenvalue weighted by Crippen LogP contribution is -2.41. The highest BCUT2D eigenvalue weighted by Crippen LogP contribution is 2.25. The third-order valence-electron chi connectivity index (χ3n) is 3.11. The highest BCUT2D eigenvalue weighted by Gasteiger charge is 2.35. The molecule has 0 aliphatic heterocycles. The van der Waals surface area contributed by atoms with Gasteiger partial charge in [0.05, 0.1) is 0 Å². The molecular weight excluding hydrogens is 336 g/mol. The fourth-order valence-corrected chi connectivity index (χ4v) is 2.28. The molecule has 0 saturated heterocycles. The zero-order chi connectivity index (χ0) is 15.5. The Balaban J connectivity index is 2.04. The van der Waals surface area contributed by atoms with Crippen LogP contribution in [0, 0.1) is 5.41 Å². The van der Waals surface area contributed by atoms with Gasteiger partial charge >= 0.3 is 5.97 Å². The minimum atomic E-state index is -1.25. The van der Waals surface area contributed by atoms with Crippen molar-refractivity contribution < 1.29 is 14.6 Å². The molecule has 21 heavy (non-hydrogen) atoms. The molecule has 2 rings (SSSR count). The summed E-state index contributed by atoms with van der Waals surface area (Å²) in [6, 6.07) is 8.79. The molecule has 0 fully saturated rings. The van der Waals surface area contributed by atoms with Gasteiger partial charge in [-0.1, -0.05) is 19.9 Å². The number of carbonyl (C=O) groups is 1. The fraction of sp³-hybridized carbons (Fsp3) is 0.333. The fourth-order valence-electron chi connectivity index (χ4n) is 1.96. The zero-order valence-corrected chi connectivity index (χ0v) is 13.4. The molecule has 2 heterocycles. The number of rotatable bonds is 5. The number of ether oxygens (including phenoxy) is 1. The van der Waals surface area contributed by atoms with E-state index in [0.717, 1.165) is 0 Å². The van der Waals surface area contributed by atoms with Gasteiger partial charge in [0, 0.05) is 30.4 Å². The van der Waals surface area contributed by atoms with Crippen molar-refractivity contribution in [3.63, 3.8) is 0 Å². The minimum absolute atomic E-state index is 0.158. The van der Waals surface area contributed by atoms with Crippen LogP contribution in [0.3, 0.4) is 0 Å². The van der Waals surface area contributed by atoms with Crippen LogP contribution in [0.2, 0.25) is 0 Å². The second kappa shape index (κ2) is 6.41. The van der Waals surface area contributed by atoms with Crippen molar-refractivity contribution in [1.82, 2.24) is 9.55 Å². The first kappa shape index (κ1) is 15.7. The van der Waals surface area contributed by atoms with Gasteiger partial charge in [0.1, 0.15) is 4.60 Å². The average Bonchev–Trinajstić information content (AvgIpc) is 2.89. The van der Waals surface area contributed by atoms with Crippen molar-refractivity contribution in [2.45, 2.75) is 26.5 Å². The zero-order valence-electron chi connectivity index (χ0n) is 11.9. The molecule has 2 aromatic heterocycles. The van der Waals surface area contributed by atoms with Crippen LogP contribution < -0.4 is 4.74 Å². The second-order valence-electron chi connectivity index (χ2n) is 5.47. The van der Waals surface area contributed by atoms with Crippen molar-refractivity contribution in [3.8, 4) is 5.88 Å². The van der Waals surface area contributed by atoms with E-state index in [-0.39, 0.29) is 5.88 Å². The summed E-state index contributed by atoms with van der Waals surface area (Å²) in [6.07, 6.45) is 2.52. The lowest BCUT2D eigenvalue weighted by Gasteiger charge is -2.29. The van der Waals surface area contributed by atoms with Gasteiger partial charge in [-0.05, 0) is 34.1 Å². The molecule has 0 aliphatic rings. The maximum absolute atomic E-state index is 12.1. The molecule has 5 nitrogen and oxygen atoms in total. The number of hydrogen-bond acceptors (Lipinski definition) is 4. The van der Waals surface area contributed by atoms with Gasteiger partial charge in [-0.15, -0.1) is 0 Å². The van der Waals surface area contributed by atoms with E-state index in [4.69, 9.17) is 4.74 Å². The molecule has 2 aromatic rings. The Hall–Kier alpha value is -1.66. The molecule has 1 atom stereocenters. The quantitative estimate of drug-likeness (QED) is 0.663. The van der Waals surface area contributed by atoms with Gasteiger partial charge in [-0.2, -0.15) is 0 Å². The Bertz CT molecular complexity index is 611. The standard InChI is InChI=1S/C15H17BrN2O3/c1-15(2,10-18-8-3-4-9-18)13(19)14(20)21-12-7-5-6-11(16)17-12/h3-9,13,19H,10H2,1-2H3. The smallest absolute Gasteiger partial charge is 0.342 e. The SMILES string of the molecule is CC(C)(Cn1cccc1)C(O)C(=O)Oc1cccc(Br)n1. The van der Waals surface area contributed by atoms with Crippen LogP contribution in [0.1, 0.15) is 13.8 Å². The van der Waals surface area contributed by atoms with E-state index < -0.39 is 17.5 Å². The van der Waals surface area contributed by atoms with Crippen LogP contribution >= 0.6 is 15.9 Å². The maximum Gasteiger partial charge on any atom is 0.342 e. The Kier molecular flexibility index (Phi) is 4.80. The van der Waals surface area contributed by atoms with Crippen molar-refractivity contribution in [2.24, 2.45) is 5.41 Å². The summed E-state index contributed by atoms with van der Waals surface area (Å²) in [6.45, 7) is 4.13. The van der Waals surface area contributed by atoms with Crippen LogP contribution in [0.25, 0.3) is 0 Å². The Labute approximate surface area is 131 Å². The predicted octanol–water partition coefficient (Wildman–Crippen LogP) is 2.64. The predicted molar refractivity (Wildman–Crippen MR) is 81.8 cm³/mol. The molecule has 0 spiro atoms. The van der Waals surface area contributed by atoms with Crippen molar-refractivity contribution >= 4 is 21.9 Å². The highest BCUT2D eigenvalue weighted by molar-refractivity contribution is 9.10. The molecule has 0 saturated carbocycles. The number of aliphatic hydroxyl groups excluding tert-OH is 1. The molecule has 1 N–H and O–H groups in total. The van der Waals surface area contributed by atoms with Crippen LogP contribution in [-0.2, 0) is 11.3 Å². The first-order chi connectivity index (χ1) is 9.88. The normalized spacial score (nSPS) is 13.0. The van der Waals surface area contributed by atoms with Crippen molar-refractivity contribution in [3.05, 3.63) is 47.3 Å². The largest absolute Gasteiger partial charge is 0.405 e. The molecule has 0 bridgehead atoms. The third kappa shape index (κ3) is 4.15. The summed E-state index contributed by atoms with van der Waals surface area (Å²) in [5.41, 5.74) is -0.665. The van der Waals surface area contributed by atoms with E-state index in [9.17, 15) is 9.90 Å². The van der Waals surface area contributed by atoms with Gasteiger partial charge in [0.2, 0.25) is 5.88 Å². The molecule has 0 aliphatic carbocycles. The first-order valence-corrected chi connectivity index (χ1v) is 7.31. The summed E-state index contributed by atoms with van der Waals surface area (Å²) in [5, 5.41) is 10.2. The molecule has 1 unspecified atom stereocenters. The van der Waals surface area contributed by atoms with Crippen molar-refractivity contribution in [2.75, 3.05) is 0 Å². The highest BCUT2D eigenvalue weighted by atomic mass is 79.9. The summed E-state index contributed by atoms with van der Waals surface area (Å²) in [5.74, 6) is -0.553. The molecule has 6 heteroatoms. The second-order valence-corrected chi connectivity index (χ2v) is 6.28. The van der Waals surface area contributed by atoms with Crippen LogP contribution in [-0.4, -0.2) is 26.7 Å². The van der Waals surface area contributed by atoms with Crippen molar-refractivity contribution in [1.29, 1.82) is 0 Å². The van der Waals surface area contributed by atoms with Crippen LogP contribution in [0.4, 0.5) is 0 Å². The minimum Gasteiger partial charge on any atom is -0.405 e. The monoisotopic (exact) mass is 352 g/mol. The molecular formula is C15H17BrN2O3. The van der Waals surface area contributed by atoms with Gasteiger partial charge in [0.15, 0.2) is 6.10 Å². The maximum atomic E-state index is 12.1. The van der Waals surface area contributed by atoms with E-state index in [0.29, 0.717) is 11.1 Å². The Morgan fingerprint density at radius 2 is 2.05 bits per heavy atom. The topological polar surface area (TPSA) is 64.4 Å². The van der Waals surface area contributed by atoms with E-state index in [1.54, 1.807) is 18.2 Å². The molecule has 112 valence electrons. The van der Waals surface area contributed by atoms with E-state index >= 15 is 0 Å². The van der Waals surface area contributed by atoms with Crippen LogP contribution in [0.5, 0.6) is 5.88 Å². The first-order valence-electron chi connectivity index (χ1n) is 6.51. The average molecular weight is 353 g/mol. The number of hydrogen-bond donors (Lipinski definition) is 1. The summed E-state index contributed by atoms with van der Waals surface area (Å²) < 4.78 is 7.60. The lowest BCUT2D eigenvalue weighted by atomic mass is 9.86. The number of pyridine rings is 1. The third-order valence-corrected chi connectivity index (χ3v) is 3.56. The Morgan fingerprint density at radius 1 is 1.38 bits per heavy atom. The van der Waals surface area contributed by atoms with E-state index in [2.05, 4.69) is 20.9 Å². The molecule has 0 amide bonds. The van der Waals surface area contributed by atoms with Crippen LogP contribution in [0.15, 0.2) is 47.3 Å². The number of aromatic nitrogens is 2. The number of carbonyl (C=O) groups excluding carboxylic acids is 1. The van der Waals surface area contributed by atoms with E-state index in [1.165, 1.54) is 0 Å². The molecule has 0 radical (unpaired) electrons. The van der Waals surface area contributed by atoms with E-state index in [1.807, 2.05) is 42.9 Å². The van der Waals surface area contributed by atoms with Gasteiger partial charge < -0.3 is 14.4 Å². The summed E-state index contributed by atoms with van der Waals surface area (Å²) >= 11 is 3.20. The number of nitrogens with zero attached hydrogens (tertiary/aromatic N) is 2. The summed E-state index contributed by atoms with van der Waals surface area (Å²) in [7, 11) is 0. The number of halogens is 1. The van der Waals surface area contributed by atoms with Gasteiger partial charge in [-0.3, -0.25) is 0 Å². The van der Waals surface area contributed by atoms with Gasteiger partial charge in [0.25, 0.3) is 0 Å². The molecule has 0 aromatic carbocycles. The Morgan fingerprint density at radius 3 is 2.67 bits per heavy atom.